The van der Waals surface area contributed by atoms with Gasteiger partial charge in [-0.25, -0.2) is 9.18 Å². The predicted molar refractivity (Wildman–Crippen MR) is 105 cm³/mol. The molecule has 3 rings (SSSR count). The number of halogens is 1. The number of allylic oxidation sites excluding steroid dienone is 2. The van der Waals surface area contributed by atoms with Crippen LogP contribution in [0.5, 0.6) is 0 Å². The number of esters is 2. The van der Waals surface area contributed by atoms with Crippen LogP contribution in [0.4, 0.5) is 4.39 Å². The van der Waals surface area contributed by atoms with Crippen molar-refractivity contribution in [1.82, 2.24) is 0 Å². The highest BCUT2D eigenvalue weighted by Crippen LogP contribution is 2.58. The molecular formula is C23H27FO4. The van der Waals surface area contributed by atoms with Crippen molar-refractivity contribution in [3.05, 3.63) is 52.9 Å². The highest BCUT2D eigenvalue weighted by molar-refractivity contribution is 5.87. The molecule has 1 aromatic rings. The van der Waals surface area contributed by atoms with Gasteiger partial charge >= 0.3 is 11.9 Å². The van der Waals surface area contributed by atoms with Crippen LogP contribution in [0.25, 0.3) is 6.08 Å². The van der Waals surface area contributed by atoms with E-state index in [4.69, 9.17) is 9.47 Å². The molecule has 0 heterocycles. The van der Waals surface area contributed by atoms with E-state index in [2.05, 4.69) is 20.8 Å². The number of benzene rings is 1. The molecule has 2 aliphatic rings. The first-order valence-electron chi connectivity index (χ1n) is 9.73. The van der Waals surface area contributed by atoms with Gasteiger partial charge in [-0.2, -0.15) is 0 Å². The largest absolute Gasteiger partial charge is 0.462 e. The van der Waals surface area contributed by atoms with Crippen LogP contribution in [-0.4, -0.2) is 25.2 Å². The fourth-order valence-electron chi connectivity index (χ4n) is 4.28. The van der Waals surface area contributed by atoms with Crippen molar-refractivity contribution in [3.63, 3.8) is 0 Å². The predicted octanol–water partition coefficient (Wildman–Crippen LogP) is 4.70. The van der Waals surface area contributed by atoms with Crippen molar-refractivity contribution >= 4 is 18.0 Å². The zero-order chi connectivity index (χ0) is 20.3. The van der Waals surface area contributed by atoms with Gasteiger partial charge in [0, 0.05) is 6.08 Å². The molecule has 0 amide bonds. The van der Waals surface area contributed by atoms with Gasteiger partial charge in [0.1, 0.15) is 19.0 Å². The lowest BCUT2D eigenvalue weighted by Crippen LogP contribution is -2.25. The number of hydrogen-bond acceptors (Lipinski definition) is 4. The Labute approximate surface area is 165 Å². The van der Waals surface area contributed by atoms with Crippen molar-refractivity contribution < 1.29 is 23.5 Å². The summed E-state index contributed by atoms with van der Waals surface area (Å²) in [6.07, 6.45) is 5.37. The van der Waals surface area contributed by atoms with Crippen molar-refractivity contribution in [2.24, 2.45) is 17.3 Å². The Morgan fingerprint density at radius 2 is 1.86 bits per heavy atom. The molecule has 0 N–H and O–H groups in total. The molecule has 150 valence electrons. The lowest BCUT2D eigenvalue weighted by atomic mass is 9.72. The minimum Gasteiger partial charge on any atom is -0.462 e. The van der Waals surface area contributed by atoms with Crippen LogP contribution in [0.2, 0.25) is 0 Å². The van der Waals surface area contributed by atoms with Crippen LogP contribution in [0.1, 0.15) is 45.6 Å². The van der Waals surface area contributed by atoms with E-state index in [9.17, 15) is 14.0 Å². The fourth-order valence-corrected chi connectivity index (χ4v) is 4.28. The number of fused-ring (bicyclic) bond motifs is 2. The van der Waals surface area contributed by atoms with E-state index in [1.807, 2.05) is 0 Å². The molecule has 28 heavy (non-hydrogen) atoms. The summed E-state index contributed by atoms with van der Waals surface area (Å²) in [5.41, 5.74) is 3.82. The summed E-state index contributed by atoms with van der Waals surface area (Å²) in [5, 5.41) is 0. The third-order valence-electron chi connectivity index (χ3n) is 6.28. The van der Waals surface area contributed by atoms with Gasteiger partial charge in [-0.1, -0.05) is 37.1 Å². The Balaban J connectivity index is 1.35. The Morgan fingerprint density at radius 3 is 2.50 bits per heavy atom. The van der Waals surface area contributed by atoms with E-state index < -0.39 is 5.97 Å². The zero-order valence-electron chi connectivity index (χ0n) is 16.7. The molecule has 5 heteroatoms. The smallest absolute Gasteiger partial charge is 0.330 e. The van der Waals surface area contributed by atoms with Crippen molar-refractivity contribution in [3.8, 4) is 0 Å². The highest BCUT2D eigenvalue weighted by Gasteiger charge is 2.47. The van der Waals surface area contributed by atoms with Gasteiger partial charge in [0.2, 0.25) is 0 Å². The summed E-state index contributed by atoms with van der Waals surface area (Å²) < 4.78 is 23.1. The Hall–Kier alpha value is -2.43. The quantitative estimate of drug-likeness (QED) is 0.295. The minimum atomic E-state index is -0.531. The van der Waals surface area contributed by atoms with E-state index in [0.717, 1.165) is 12.8 Å². The lowest BCUT2D eigenvalue weighted by Gasteiger charge is -2.33. The van der Waals surface area contributed by atoms with E-state index in [1.165, 1.54) is 29.4 Å². The van der Waals surface area contributed by atoms with Crippen LogP contribution in [-0.2, 0) is 19.1 Å². The van der Waals surface area contributed by atoms with Crippen LogP contribution in [0, 0.1) is 23.1 Å². The maximum atomic E-state index is 12.8. The monoisotopic (exact) mass is 386 g/mol. The SMILES string of the molecule is CC1=C2CC(CC2CC(=O)OCCOC(=O)/C=C/c2ccc(F)cc2)C1(C)C. The molecular weight excluding hydrogens is 359 g/mol. The zero-order valence-corrected chi connectivity index (χ0v) is 16.7. The van der Waals surface area contributed by atoms with Crippen molar-refractivity contribution in [2.75, 3.05) is 13.2 Å². The molecule has 1 fully saturated rings. The van der Waals surface area contributed by atoms with E-state index in [-0.39, 0.29) is 30.4 Å². The molecule has 0 spiro atoms. The number of carbonyl (C=O) groups excluding carboxylic acids is 2. The Morgan fingerprint density at radius 1 is 1.18 bits per heavy atom. The number of hydrogen-bond donors (Lipinski definition) is 0. The first-order valence-corrected chi connectivity index (χ1v) is 9.73. The van der Waals surface area contributed by atoms with Crippen molar-refractivity contribution in [1.29, 1.82) is 0 Å². The molecule has 2 bridgehead atoms. The lowest BCUT2D eigenvalue weighted by molar-refractivity contribution is -0.150. The molecule has 1 aromatic carbocycles. The van der Waals surface area contributed by atoms with E-state index in [0.29, 0.717) is 23.8 Å². The summed E-state index contributed by atoms with van der Waals surface area (Å²) >= 11 is 0. The second-order valence-electron chi connectivity index (χ2n) is 8.18. The van der Waals surface area contributed by atoms with Crippen LogP contribution >= 0.6 is 0 Å². The number of ether oxygens (including phenoxy) is 2. The summed E-state index contributed by atoms with van der Waals surface area (Å²) in [4.78, 5) is 23.8. The van der Waals surface area contributed by atoms with E-state index in [1.54, 1.807) is 18.2 Å². The number of rotatable bonds is 7. The summed E-state index contributed by atoms with van der Waals surface area (Å²) in [6.45, 7) is 6.82. The molecule has 1 saturated carbocycles. The standard InChI is InChI=1S/C23H27FO4/c1-15-20-14-18(23(15,2)3)12-17(20)13-22(26)28-11-10-27-21(25)9-6-16-4-7-19(24)8-5-16/h4-9,17-18H,10-14H2,1-3H3/b9-6+. The molecule has 0 saturated heterocycles. The summed E-state index contributed by atoms with van der Waals surface area (Å²) in [5.74, 6) is -0.173. The van der Waals surface area contributed by atoms with Crippen LogP contribution in [0.3, 0.4) is 0 Å². The molecule has 0 aliphatic heterocycles. The third-order valence-corrected chi connectivity index (χ3v) is 6.28. The van der Waals surface area contributed by atoms with Gasteiger partial charge in [-0.15, -0.1) is 0 Å². The van der Waals surface area contributed by atoms with Gasteiger partial charge in [0.15, 0.2) is 0 Å². The Bertz CT molecular complexity index is 804. The summed E-state index contributed by atoms with van der Waals surface area (Å²) in [7, 11) is 0. The molecule has 2 atom stereocenters. The average Bonchev–Trinajstić information content (AvgIpc) is 3.16. The fraction of sp³-hybridized carbons (Fsp3) is 0.478. The maximum absolute atomic E-state index is 12.8. The molecule has 0 aromatic heterocycles. The first kappa shape index (κ1) is 20.3. The second kappa shape index (κ2) is 8.29. The maximum Gasteiger partial charge on any atom is 0.330 e. The molecule has 2 unspecified atom stereocenters. The molecule has 2 aliphatic carbocycles. The van der Waals surface area contributed by atoms with Gasteiger partial charge in [-0.3, -0.25) is 4.79 Å². The number of carbonyl (C=O) groups is 2. The molecule has 0 radical (unpaired) electrons. The highest BCUT2D eigenvalue weighted by atomic mass is 19.1. The van der Waals surface area contributed by atoms with Crippen LogP contribution < -0.4 is 0 Å². The average molecular weight is 386 g/mol. The van der Waals surface area contributed by atoms with Crippen molar-refractivity contribution in [2.45, 2.75) is 40.0 Å². The van der Waals surface area contributed by atoms with Gasteiger partial charge in [0.25, 0.3) is 0 Å². The van der Waals surface area contributed by atoms with Gasteiger partial charge in [-0.05, 0) is 60.8 Å². The first-order chi connectivity index (χ1) is 13.3. The second-order valence-corrected chi connectivity index (χ2v) is 8.18. The topological polar surface area (TPSA) is 52.6 Å². The van der Waals surface area contributed by atoms with Crippen LogP contribution in [0.15, 0.2) is 41.5 Å². The molecule has 4 nitrogen and oxygen atoms in total. The summed E-state index contributed by atoms with van der Waals surface area (Å²) in [6, 6.07) is 5.77. The normalized spacial score (nSPS) is 22.7. The Kier molecular flexibility index (Phi) is 6.01. The van der Waals surface area contributed by atoms with E-state index >= 15 is 0 Å². The third kappa shape index (κ3) is 4.51. The minimum absolute atomic E-state index is 0.0143. The van der Waals surface area contributed by atoms with Gasteiger partial charge in [0.05, 0.1) is 6.42 Å². The van der Waals surface area contributed by atoms with Gasteiger partial charge < -0.3 is 9.47 Å².